The second kappa shape index (κ2) is 5.92. The lowest BCUT2D eigenvalue weighted by Crippen LogP contribution is -1.92. The molecule has 0 aromatic carbocycles. The van der Waals surface area contributed by atoms with Crippen LogP contribution in [0.25, 0.3) is 5.53 Å². The maximum atomic E-state index is 10.5. The van der Waals surface area contributed by atoms with E-state index in [9.17, 15) is 4.79 Å². The quantitative estimate of drug-likeness (QED) is 0.249. The maximum Gasteiger partial charge on any atom is 0.327 e. The van der Waals surface area contributed by atoms with Crippen molar-refractivity contribution in [3.63, 3.8) is 0 Å². The van der Waals surface area contributed by atoms with Crippen molar-refractivity contribution in [2.75, 3.05) is 0 Å². The molecule has 0 unspecified atom stereocenters. The van der Waals surface area contributed by atoms with E-state index in [0.717, 1.165) is 19.1 Å². The average Bonchev–Trinajstić information content (AvgIpc) is 1.89. The third kappa shape index (κ3) is 4.94. The maximum absolute atomic E-state index is 10.5. The van der Waals surface area contributed by atoms with Crippen LogP contribution >= 0.6 is 0 Å². The molecular weight excluding hydrogens is 128 g/mol. The summed E-state index contributed by atoms with van der Waals surface area (Å²) in [5.74, 6) is -0.282. The van der Waals surface area contributed by atoms with Crippen molar-refractivity contribution in [1.29, 1.82) is 0 Å². The number of hydrogen-bond donors (Lipinski definition) is 0. The third-order valence-electron chi connectivity index (χ3n) is 0.922. The van der Waals surface area contributed by atoms with Crippen molar-refractivity contribution in [3.8, 4) is 0 Å². The van der Waals surface area contributed by atoms with Crippen LogP contribution in [0.15, 0.2) is 12.2 Å². The van der Waals surface area contributed by atoms with Crippen LogP contribution in [0.2, 0.25) is 0 Å². The van der Waals surface area contributed by atoms with Crippen LogP contribution in [-0.2, 0) is 4.79 Å². The first-order valence-electron chi connectivity index (χ1n) is 3.19. The fraction of sp³-hybridized carbons (Fsp3) is 0.429. The van der Waals surface area contributed by atoms with Crippen molar-refractivity contribution >= 4 is 12.0 Å². The molecule has 0 N–H and O–H groups in total. The normalized spacial score (nSPS) is 9.30. The lowest BCUT2D eigenvalue weighted by Gasteiger charge is -1.78. The van der Waals surface area contributed by atoms with Gasteiger partial charge in [-0.25, -0.2) is 0 Å². The summed E-state index contributed by atoms with van der Waals surface area (Å²) in [5, 5.41) is 0. The minimum absolute atomic E-state index is 0.282. The van der Waals surface area contributed by atoms with E-state index >= 15 is 0 Å². The van der Waals surface area contributed by atoms with E-state index in [0.29, 0.717) is 0 Å². The summed E-state index contributed by atoms with van der Waals surface area (Å²) in [6, 6.07) is 0. The van der Waals surface area contributed by atoms with Gasteiger partial charge in [-0.2, -0.15) is 4.79 Å². The first-order chi connectivity index (χ1) is 4.81. The predicted octanol–water partition coefficient (Wildman–Crippen LogP) is 1.21. The second-order valence-electron chi connectivity index (χ2n) is 1.84. The van der Waals surface area contributed by atoms with Gasteiger partial charge in [0.1, 0.15) is 0 Å². The zero-order chi connectivity index (χ0) is 7.82. The number of nitrogens with zero attached hydrogens (tertiary/aromatic N) is 2. The second-order valence-corrected chi connectivity index (χ2v) is 1.84. The Labute approximate surface area is 60.0 Å². The molecule has 10 heavy (non-hydrogen) atoms. The van der Waals surface area contributed by atoms with Gasteiger partial charge in [0.15, 0.2) is 0 Å². The van der Waals surface area contributed by atoms with Crippen LogP contribution in [0.1, 0.15) is 19.8 Å². The lowest BCUT2D eigenvalue weighted by molar-refractivity contribution is -0.111. The summed E-state index contributed by atoms with van der Waals surface area (Å²) >= 11 is 0. The van der Waals surface area contributed by atoms with Crippen molar-refractivity contribution in [2.24, 2.45) is 0 Å². The highest BCUT2D eigenvalue weighted by atomic mass is 16.1. The fourth-order valence-electron chi connectivity index (χ4n) is 0.466. The molecule has 3 nitrogen and oxygen atoms in total. The molecule has 0 saturated heterocycles. The Morgan fingerprint density at radius 3 is 2.90 bits per heavy atom. The van der Waals surface area contributed by atoms with Crippen LogP contribution in [-0.4, -0.2) is 16.8 Å². The molecule has 0 spiro atoms. The first kappa shape index (κ1) is 8.79. The summed E-state index contributed by atoms with van der Waals surface area (Å²) in [5.41, 5.74) is 7.91. The summed E-state index contributed by atoms with van der Waals surface area (Å²) in [6.45, 7) is 2.02. The zero-order valence-corrected chi connectivity index (χ0v) is 5.95. The Morgan fingerprint density at radius 2 is 2.40 bits per heavy atom. The molecule has 0 atom stereocenters. The highest BCUT2D eigenvalue weighted by molar-refractivity contribution is 6.30. The van der Waals surface area contributed by atoms with E-state index in [1.807, 2.05) is 6.92 Å². The zero-order valence-electron chi connectivity index (χ0n) is 5.95. The number of carbonyl (C=O) groups is 1. The minimum Gasteiger partial charge on any atom is -0.361 e. The van der Waals surface area contributed by atoms with Gasteiger partial charge in [0, 0.05) is 0 Å². The number of unbranched alkanes of at least 4 members (excludes halogenated alkanes) is 1. The van der Waals surface area contributed by atoms with Gasteiger partial charge in [0.05, 0.1) is 0 Å². The van der Waals surface area contributed by atoms with Gasteiger partial charge >= 0.3 is 6.21 Å². The van der Waals surface area contributed by atoms with Gasteiger partial charge in [0.2, 0.25) is 0 Å². The molecule has 0 aliphatic carbocycles. The number of carbonyl (C=O) groups excluding carboxylic acids is 1. The summed E-state index contributed by atoms with van der Waals surface area (Å²) < 4.78 is 0. The highest BCUT2D eigenvalue weighted by Crippen LogP contribution is 1.87. The molecule has 54 valence electrons. The standard InChI is InChI=1S/C7H10N2O/c1-2-3-4-5-7(10)6-9-8/h4-6H,2-3H2,1H3/b5-4+. The molecule has 3 heteroatoms. The fourth-order valence-corrected chi connectivity index (χ4v) is 0.466. The summed E-state index contributed by atoms with van der Waals surface area (Å²) in [7, 11) is 0. The molecular formula is C7H10N2O. The third-order valence-corrected chi connectivity index (χ3v) is 0.922. The smallest absolute Gasteiger partial charge is 0.327 e. The van der Waals surface area contributed by atoms with E-state index < -0.39 is 0 Å². The van der Waals surface area contributed by atoms with Crippen molar-refractivity contribution < 1.29 is 9.58 Å². The minimum atomic E-state index is -0.282. The van der Waals surface area contributed by atoms with Crippen LogP contribution in [0.3, 0.4) is 0 Å². The SMILES string of the molecule is CCC/C=C/C(=O)C=[N+]=[N-]. The number of allylic oxidation sites excluding steroid dienone is 2. The van der Waals surface area contributed by atoms with E-state index in [-0.39, 0.29) is 5.78 Å². The molecule has 0 aromatic rings. The van der Waals surface area contributed by atoms with Gasteiger partial charge in [-0.1, -0.05) is 19.4 Å². The van der Waals surface area contributed by atoms with Gasteiger partial charge in [-0.3, -0.25) is 4.79 Å². The Hall–Kier alpha value is -1.21. The van der Waals surface area contributed by atoms with Crippen molar-refractivity contribution in [2.45, 2.75) is 19.8 Å². The topological polar surface area (TPSA) is 53.5 Å². The van der Waals surface area contributed by atoms with E-state index in [4.69, 9.17) is 5.53 Å². The van der Waals surface area contributed by atoms with E-state index in [1.165, 1.54) is 6.08 Å². The molecule has 0 heterocycles. The molecule has 0 bridgehead atoms. The van der Waals surface area contributed by atoms with Crippen LogP contribution in [0, 0.1) is 0 Å². The Bertz CT molecular complexity index is 178. The van der Waals surface area contributed by atoms with Crippen LogP contribution in [0.4, 0.5) is 0 Å². The molecule has 0 amide bonds. The van der Waals surface area contributed by atoms with E-state index in [1.54, 1.807) is 6.08 Å². The predicted molar refractivity (Wildman–Crippen MR) is 38.7 cm³/mol. The van der Waals surface area contributed by atoms with E-state index in [2.05, 4.69) is 4.79 Å². The van der Waals surface area contributed by atoms with Gasteiger partial charge in [-0.15, -0.1) is 0 Å². The van der Waals surface area contributed by atoms with Crippen LogP contribution < -0.4 is 0 Å². The average molecular weight is 138 g/mol. The number of ketones is 1. The van der Waals surface area contributed by atoms with Gasteiger partial charge in [-0.05, 0) is 12.5 Å². The van der Waals surface area contributed by atoms with Gasteiger partial charge < -0.3 is 5.53 Å². The molecule has 0 rings (SSSR count). The van der Waals surface area contributed by atoms with Crippen molar-refractivity contribution in [1.82, 2.24) is 0 Å². The monoisotopic (exact) mass is 138 g/mol. The molecule has 0 aliphatic rings. The van der Waals surface area contributed by atoms with Crippen LogP contribution in [0.5, 0.6) is 0 Å². The Balaban J connectivity index is 3.66. The number of hydrogen-bond acceptors (Lipinski definition) is 1. The molecule has 0 radical (unpaired) electrons. The molecule has 0 saturated carbocycles. The summed E-state index contributed by atoms with van der Waals surface area (Å²) in [6.07, 6.45) is 5.91. The van der Waals surface area contributed by atoms with Gasteiger partial charge in [0.25, 0.3) is 5.78 Å². The molecule has 0 aliphatic heterocycles. The summed E-state index contributed by atoms with van der Waals surface area (Å²) in [4.78, 5) is 13.1. The molecule has 0 aromatic heterocycles. The first-order valence-corrected chi connectivity index (χ1v) is 3.19. The van der Waals surface area contributed by atoms with Crippen molar-refractivity contribution in [3.05, 3.63) is 17.7 Å². The Kier molecular flexibility index (Phi) is 5.20. The Morgan fingerprint density at radius 1 is 1.70 bits per heavy atom. The largest absolute Gasteiger partial charge is 0.361 e. The molecule has 0 fully saturated rings. The highest BCUT2D eigenvalue weighted by Gasteiger charge is 1.92. The number of rotatable bonds is 4. The lowest BCUT2D eigenvalue weighted by atomic mass is 10.3.